The quantitative estimate of drug-likeness (QED) is 0.858. The summed E-state index contributed by atoms with van der Waals surface area (Å²) in [6, 6.07) is -0.187. The number of hydrogen-bond acceptors (Lipinski definition) is 5. The summed E-state index contributed by atoms with van der Waals surface area (Å²) in [5.41, 5.74) is 1.00. The lowest BCUT2D eigenvalue weighted by Gasteiger charge is -2.24. The van der Waals surface area contributed by atoms with Crippen molar-refractivity contribution < 1.29 is 4.79 Å². The van der Waals surface area contributed by atoms with Crippen LogP contribution in [0, 0.1) is 5.92 Å². The molecule has 1 aromatic rings. The van der Waals surface area contributed by atoms with Crippen molar-refractivity contribution in [2.75, 3.05) is 32.1 Å². The smallest absolute Gasteiger partial charge is 0.239 e. The highest BCUT2D eigenvalue weighted by atomic mass is 16.2. The van der Waals surface area contributed by atoms with Gasteiger partial charge in [0.1, 0.15) is 0 Å². The number of hydrogen-bond donors (Lipinski definition) is 1. The molecule has 122 valence electrons. The van der Waals surface area contributed by atoms with Crippen molar-refractivity contribution in [3.8, 4) is 0 Å². The maximum Gasteiger partial charge on any atom is 0.239 e. The van der Waals surface area contributed by atoms with E-state index in [1.807, 2.05) is 26.2 Å². The standard InChI is InChI=1S/C16H27N5O/c1-12(2)14(15(22)20(3)4)17-9-13-10-18-16(19-11-13)21-7-5-6-8-21/h10-12,14,17H,5-9H2,1-4H3/t14-/m1/s1. The largest absolute Gasteiger partial charge is 0.347 e. The first-order valence-corrected chi connectivity index (χ1v) is 7.99. The number of nitrogens with zero attached hydrogens (tertiary/aromatic N) is 4. The number of anilines is 1. The summed E-state index contributed by atoms with van der Waals surface area (Å²) in [5, 5.41) is 3.32. The molecule has 0 bridgehead atoms. The van der Waals surface area contributed by atoms with E-state index in [-0.39, 0.29) is 17.9 Å². The van der Waals surface area contributed by atoms with Gasteiger partial charge in [0.05, 0.1) is 6.04 Å². The normalized spacial score (nSPS) is 16.1. The van der Waals surface area contributed by atoms with E-state index in [1.165, 1.54) is 12.8 Å². The molecule has 1 saturated heterocycles. The van der Waals surface area contributed by atoms with Crippen LogP contribution in [-0.4, -0.2) is 54.0 Å². The van der Waals surface area contributed by atoms with E-state index in [0.717, 1.165) is 24.6 Å². The summed E-state index contributed by atoms with van der Waals surface area (Å²) in [4.78, 5) is 24.9. The van der Waals surface area contributed by atoms with Gasteiger partial charge in [-0.05, 0) is 18.8 Å². The van der Waals surface area contributed by atoms with E-state index < -0.39 is 0 Å². The topological polar surface area (TPSA) is 61.4 Å². The summed E-state index contributed by atoms with van der Waals surface area (Å²) in [7, 11) is 3.57. The van der Waals surface area contributed by atoms with Gasteiger partial charge in [-0.2, -0.15) is 0 Å². The van der Waals surface area contributed by atoms with Crippen LogP contribution in [0.25, 0.3) is 0 Å². The van der Waals surface area contributed by atoms with E-state index in [0.29, 0.717) is 6.54 Å². The molecule has 0 unspecified atom stereocenters. The SMILES string of the molecule is CC(C)[C@@H](NCc1cnc(N2CCCC2)nc1)C(=O)N(C)C. The highest BCUT2D eigenvalue weighted by Gasteiger charge is 2.23. The molecule has 1 atom stereocenters. The fraction of sp³-hybridized carbons (Fsp3) is 0.688. The highest BCUT2D eigenvalue weighted by Crippen LogP contribution is 2.15. The number of rotatable bonds is 6. The molecule has 0 spiro atoms. The van der Waals surface area contributed by atoms with Crippen LogP contribution in [-0.2, 0) is 11.3 Å². The molecule has 1 aliphatic heterocycles. The average molecular weight is 305 g/mol. The van der Waals surface area contributed by atoms with E-state index in [2.05, 4.69) is 20.2 Å². The molecule has 0 saturated carbocycles. The second-order valence-corrected chi connectivity index (χ2v) is 6.42. The minimum absolute atomic E-state index is 0.101. The molecule has 6 nitrogen and oxygen atoms in total. The van der Waals surface area contributed by atoms with Crippen LogP contribution in [0.1, 0.15) is 32.3 Å². The lowest BCUT2D eigenvalue weighted by atomic mass is 10.0. The Morgan fingerprint density at radius 1 is 1.27 bits per heavy atom. The van der Waals surface area contributed by atoms with Crippen LogP contribution in [0.3, 0.4) is 0 Å². The van der Waals surface area contributed by atoms with Crippen LogP contribution in [0.4, 0.5) is 5.95 Å². The average Bonchev–Trinajstić information content (AvgIpc) is 3.01. The van der Waals surface area contributed by atoms with Gasteiger partial charge in [0, 0.05) is 51.7 Å². The number of carbonyl (C=O) groups is 1. The van der Waals surface area contributed by atoms with Crippen molar-refractivity contribution in [3.63, 3.8) is 0 Å². The Kier molecular flexibility index (Phi) is 5.71. The monoisotopic (exact) mass is 305 g/mol. The van der Waals surface area contributed by atoms with Gasteiger partial charge >= 0.3 is 0 Å². The number of aromatic nitrogens is 2. The van der Waals surface area contributed by atoms with Gasteiger partial charge < -0.3 is 15.1 Å². The van der Waals surface area contributed by atoms with Crippen molar-refractivity contribution in [2.45, 2.75) is 39.3 Å². The molecule has 1 fully saturated rings. The molecular formula is C16H27N5O. The first kappa shape index (κ1) is 16.7. The number of nitrogens with one attached hydrogen (secondary N) is 1. The number of carbonyl (C=O) groups excluding carboxylic acids is 1. The van der Waals surface area contributed by atoms with E-state index in [9.17, 15) is 4.79 Å². The minimum atomic E-state index is -0.187. The molecular weight excluding hydrogens is 278 g/mol. The second-order valence-electron chi connectivity index (χ2n) is 6.42. The third-order valence-electron chi connectivity index (χ3n) is 3.98. The first-order chi connectivity index (χ1) is 10.5. The number of amides is 1. The Labute approximate surface area is 132 Å². The van der Waals surface area contributed by atoms with Gasteiger partial charge in [0.2, 0.25) is 11.9 Å². The Bertz CT molecular complexity index is 480. The number of likely N-dealkylation sites (N-methyl/N-ethyl adjacent to an activating group) is 1. The second kappa shape index (κ2) is 7.54. The summed E-state index contributed by atoms with van der Waals surface area (Å²) in [6.45, 7) is 6.79. The minimum Gasteiger partial charge on any atom is -0.347 e. The lowest BCUT2D eigenvalue weighted by Crippen LogP contribution is -2.46. The summed E-state index contributed by atoms with van der Waals surface area (Å²) in [5.74, 6) is 1.15. The third kappa shape index (κ3) is 4.16. The molecule has 1 aromatic heterocycles. The fourth-order valence-electron chi connectivity index (χ4n) is 2.63. The van der Waals surface area contributed by atoms with Crippen molar-refractivity contribution in [1.82, 2.24) is 20.2 Å². The Hall–Kier alpha value is -1.69. The van der Waals surface area contributed by atoms with Gasteiger partial charge in [0.15, 0.2) is 0 Å². The highest BCUT2D eigenvalue weighted by molar-refractivity contribution is 5.81. The van der Waals surface area contributed by atoms with Crippen molar-refractivity contribution in [3.05, 3.63) is 18.0 Å². The zero-order valence-electron chi connectivity index (χ0n) is 14.0. The zero-order chi connectivity index (χ0) is 16.1. The van der Waals surface area contributed by atoms with Crippen LogP contribution in [0.2, 0.25) is 0 Å². The third-order valence-corrected chi connectivity index (χ3v) is 3.98. The Balaban J connectivity index is 1.93. The van der Waals surface area contributed by atoms with Gasteiger partial charge in [-0.15, -0.1) is 0 Å². The summed E-state index contributed by atoms with van der Waals surface area (Å²) >= 11 is 0. The van der Waals surface area contributed by atoms with Crippen molar-refractivity contribution in [1.29, 1.82) is 0 Å². The molecule has 0 aromatic carbocycles. The van der Waals surface area contributed by atoms with Crippen molar-refractivity contribution in [2.24, 2.45) is 5.92 Å². The molecule has 0 radical (unpaired) electrons. The molecule has 1 amide bonds. The van der Waals surface area contributed by atoms with Crippen LogP contribution >= 0.6 is 0 Å². The van der Waals surface area contributed by atoms with Gasteiger partial charge in [-0.1, -0.05) is 13.8 Å². The van der Waals surface area contributed by atoms with E-state index in [4.69, 9.17) is 0 Å². The molecule has 6 heteroatoms. The lowest BCUT2D eigenvalue weighted by molar-refractivity contribution is -0.132. The maximum absolute atomic E-state index is 12.2. The Morgan fingerprint density at radius 2 is 1.86 bits per heavy atom. The molecule has 1 N–H and O–H groups in total. The fourth-order valence-corrected chi connectivity index (χ4v) is 2.63. The molecule has 2 rings (SSSR count). The van der Waals surface area contributed by atoms with E-state index >= 15 is 0 Å². The van der Waals surface area contributed by atoms with E-state index in [1.54, 1.807) is 19.0 Å². The first-order valence-electron chi connectivity index (χ1n) is 7.99. The molecule has 1 aliphatic rings. The van der Waals surface area contributed by atoms with Crippen LogP contribution < -0.4 is 10.2 Å². The predicted octanol–water partition coefficient (Wildman–Crippen LogP) is 1.28. The Morgan fingerprint density at radius 3 is 2.36 bits per heavy atom. The maximum atomic E-state index is 12.2. The molecule has 2 heterocycles. The predicted molar refractivity (Wildman–Crippen MR) is 87.6 cm³/mol. The molecule has 22 heavy (non-hydrogen) atoms. The molecule has 0 aliphatic carbocycles. The van der Waals surface area contributed by atoms with Gasteiger partial charge in [0.25, 0.3) is 0 Å². The summed E-state index contributed by atoms with van der Waals surface area (Å²) in [6.07, 6.45) is 6.14. The van der Waals surface area contributed by atoms with Gasteiger partial charge in [-0.3, -0.25) is 4.79 Å². The van der Waals surface area contributed by atoms with Crippen molar-refractivity contribution >= 4 is 11.9 Å². The van der Waals surface area contributed by atoms with Crippen LogP contribution in [0.15, 0.2) is 12.4 Å². The summed E-state index contributed by atoms with van der Waals surface area (Å²) < 4.78 is 0. The zero-order valence-corrected chi connectivity index (χ0v) is 14.0. The van der Waals surface area contributed by atoms with Crippen LogP contribution in [0.5, 0.6) is 0 Å². The van der Waals surface area contributed by atoms with Gasteiger partial charge in [-0.25, -0.2) is 9.97 Å².